The summed E-state index contributed by atoms with van der Waals surface area (Å²) < 4.78 is 5.47. The number of hydrogen-bond donors (Lipinski definition) is 3. The van der Waals surface area contributed by atoms with Crippen LogP contribution in [0.5, 0.6) is 0 Å². The molecule has 0 aliphatic carbocycles. The smallest absolute Gasteiger partial charge is 0.305 e. The Balaban J connectivity index is 3.35. The monoisotopic (exact) mass is 1210 g/mol. The van der Waals surface area contributed by atoms with E-state index in [4.69, 9.17) is 4.74 Å². The van der Waals surface area contributed by atoms with E-state index in [1.165, 1.54) is 379 Å². The summed E-state index contributed by atoms with van der Waals surface area (Å²) in [4.78, 5) is 24.6. The number of aliphatic hydroxyl groups is 2. The Bertz CT molecular complexity index is 1350. The van der Waals surface area contributed by atoms with E-state index in [1.54, 1.807) is 6.08 Å². The molecule has 3 N–H and O–H groups in total. The highest BCUT2D eigenvalue weighted by atomic mass is 16.5. The zero-order valence-electron chi connectivity index (χ0n) is 58.6. The van der Waals surface area contributed by atoms with E-state index in [9.17, 15) is 19.8 Å². The molecule has 0 aromatic heterocycles. The lowest BCUT2D eigenvalue weighted by Crippen LogP contribution is -2.45. The highest BCUT2D eigenvalue weighted by Gasteiger charge is 2.18. The van der Waals surface area contributed by atoms with Crippen LogP contribution in [0.4, 0.5) is 0 Å². The maximum absolute atomic E-state index is 12.6. The third-order valence-electron chi connectivity index (χ3n) is 18.7. The number of carbonyl (C=O) groups excluding carboxylic acids is 2. The summed E-state index contributed by atoms with van der Waals surface area (Å²) in [6, 6.07) is -0.625. The number of amides is 1. The van der Waals surface area contributed by atoms with Crippen LogP contribution in [0.25, 0.3) is 0 Å². The molecule has 0 fully saturated rings. The summed E-state index contributed by atoms with van der Waals surface area (Å²) in [6.45, 7) is 4.92. The number of aliphatic hydroxyl groups excluding tert-OH is 2. The van der Waals surface area contributed by atoms with Gasteiger partial charge < -0.3 is 20.3 Å². The Morgan fingerprint density at radius 2 is 0.558 bits per heavy atom. The molecule has 0 aromatic rings. The molecule has 0 saturated carbocycles. The Morgan fingerprint density at radius 3 is 0.860 bits per heavy atom. The molecular formula is C80H155NO5. The zero-order chi connectivity index (χ0) is 62.0. The number of unbranched alkanes of at least 4 members (excludes halogenated alkanes) is 62. The summed E-state index contributed by atoms with van der Waals surface area (Å²) in [5, 5.41) is 23.3. The van der Waals surface area contributed by atoms with Crippen molar-refractivity contribution in [1.82, 2.24) is 5.32 Å². The Hall–Kier alpha value is -1.66. The van der Waals surface area contributed by atoms with Crippen LogP contribution in [-0.2, 0) is 14.3 Å². The van der Waals surface area contributed by atoms with Gasteiger partial charge in [-0.2, -0.15) is 0 Å². The predicted octanol–water partition coefficient (Wildman–Crippen LogP) is 26.0. The second-order valence-corrected chi connectivity index (χ2v) is 27.4. The van der Waals surface area contributed by atoms with Crippen LogP contribution in [0, 0.1) is 0 Å². The van der Waals surface area contributed by atoms with Gasteiger partial charge in [-0.05, 0) is 51.4 Å². The van der Waals surface area contributed by atoms with Crippen molar-refractivity contribution < 1.29 is 24.5 Å². The van der Waals surface area contributed by atoms with Gasteiger partial charge in [-0.3, -0.25) is 9.59 Å². The van der Waals surface area contributed by atoms with Crippen LogP contribution >= 0.6 is 0 Å². The maximum atomic E-state index is 12.6. The highest BCUT2D eigenvalue weighted by molar-refractivity contribution is 5.76. The lowest BCUT2D eigenvalue weighted by molar-refractivity contribution is -0.143. The minimum Gasteiger partial charge on any atom is -0.466 e. The number of hydrogen-bond acceptors (Lipinski definition) is 5. The number of rotatable bonds is 75. The average molecular weight is 1210 g/mol. The van der Waals surface area contributed by atoms with Gasteiger partial charge >= 0.3 is 5.97 Å². The number of ether oxygens (including phenoxy) is 1. The fourth-order valence-corrected chi connectivity index (χ4v) is 12.7. The zero-order valence-corrected chi connectivity index (χ0v) is 58.6. The molecule has 510 valence electrons. The van der Waals surface area contributed by atoms with E-state index in [1.807, 2.05) is 6.08 Å². The van der Waals surface area contributed by atoms with Crippen LogP contribution in [0.1, 0.15) is 450 Å². The number of esters is 1. The molecule has 0 saturated heterocycles. The lowest BCUT2D eigenvalue weighted by Gasteiger charge is -2.20. The van der Waals surface area contributed by atoms with Gasteiger partial charge in [0.15, 0.2) is 0 Å². The first-order chi connectivity index (χ1) is 42.5. The summed E-state index contributed by atoms with van der Waals surface area (Å²) in [7, 11) is 0. The van der Waals surface area contributed by atoms with E-state index in [2.05, 4.69) is 31.3 Å². The van der Waals surface area contributed by atoms with E-state index >= 15 is 0 Å². The minimum atomic E-state index is -0.842. The van der Waals surface area contributed by atoms with Gasteiger partial charge in [-0.15, -0.1) is 0 Å². The Kier molecular flexibility index (Phi) is 74.3. The van der Waals surface area contributed by atoms with Gasteiger partial charge in [0.1, 0.15) is 0 Å². The fraction of sp³-hybridized carbons (Fsp3) is 0.925. The van der Waals surface area contributed by atoms with Gasteiger partial charge in [-0.1, -0.05) is 411 Å². The van der Waals surface area contributed by atoms with Gasteiger partial charge in [0.2, 0.25) is 5.91 Å². The molecular weight excluding hydrogens is 1050 g/mol. The summed E-state index contributed by atoms with van der Waals surface area (Å²) in [5.41, 5.74) is 0. The normalized spacial score (nSPS) is 12.6. The van der Waals surface area contributed by atoms with Crippen molar-refractivity contribution in [2.24, 2.45) is 0 Å². The SMILES string of the molecule is CCCC/C=C\CCCCCCCC(=O)OCCCCCCCCCCCCCCCCCCCCCCCCCCCCCCCCCCCC(=O)NC(CO)C(O)/C=C/CCCCCCCCCCCCCCCCCCCCCCCCC. The third kappa shape index (κ3) is 71.4. The summed E-state index contributed by atoms with van der Waals surface area (Å²) in [5.74, 6) is -0.0466. The molecule has 0 heterocycles. The first-order valence-electron chi connectivity index (χ1n) is 39.6. The number of allylic oxidation sites excluding steroid dienone is 3. The van der Waals surface area contributed by atoms with Gasteiger partial charge in [0.05, 0.1) is 25.4 Å². The molecule has 0 aromatic carbocycles. The molecule has 2 unspecified atom stereocenters. The summed E-state index contributed by atoms with van der Waals surface area (Å²) in [6.07, 6.45) is 97.4. The highest BCUT2D eigenvalue weighted by Crippen LogP contribution is 2.20. The molecule has 2 atom stereocenters. The van der Waals surface area contributed by atoms with E-state index in [0.29, 0.717) is 19.4 Å². The molecule has 0 spiro atoms. The second-order valence-electron chi connectivity index (χ2n) is 27.4. The number of nitrogens with one attached hydrogen (secondary N) is 1. The molecule has 0 radical (unpaired) electrons. The molecule has 6 heteroatoms. The van der Waals surface area contributed by atoms with E-state index < -0.39 is 12.1 Å². The van der Waals surface area contributed by atoms with E-state index in [-0.39, 0.29) is 18.5 Å². The van der Waals surface area contributed by atoms with Crippen molar-refractivity contribution in [2.45, 2.75) is 463 Å². The van der Waals surface area contributed by atoms with Gasteiger partial charge in [0.25, 0.3) is 0 Å². The number of carbonyl (C=O) groups is 2. The fourth-order valence-electron chi connectivity index (χ4n) is 12.7. The molecule has 1 amide bonds. The standard InChI is InChI=1S/C80H155NO5/c1-3-5-7-9-11-13-15-16-17-18-19-20-21-31-34-37-40-43-46-49-53-56-60-64-68-72-78(83)77(76-82)81-79(84)73-69-65-61-57-54-50-47-44-41-38-35-32-29-27-25-23-22-24-26-28-30-33-36-39-42-45-48-51-55-59-63-67-71-75-86-80(85)74-70-66-62-58-52-14-12-10-8-6-4-2/h10,12,68,72,77-78,82-83H,3-9,11,13-67,69-71,73-76H2,1-2H3,(H,81,84)/b12-10-,72-68+. The quantitative estimate of drug-likeness (QED) is 0.0320. The Morgan fingerprint density at radius 1 is 0.314 bits per heavy atom. The lowest BCUT2D eigenvalue weighted by atomic mass is 10.0. The first kappa shape index (κ1) is 84.3. The van der Waals surface area contributed by atoms with Gasteiger partial charge in [-0.25, -0.2) is 0 Å². The summed E-state index contributed by atoms with van der Waals surface area (Å²) >= 11 is 0. The van der Waals surface area contributed by atoms with Crippen LogP contribution in [0.15, 0.2) is 24.3 Å². The third-order valence-corrected chi connectivity index (χ3v) is 18.7. The van der Waals surface area contributed by atoms with Crippen molar-refractivity contribution in [3.8, 4) is 0 Å². The first-order valence-corrected chi connectivity index (χ1v) is 39.6. The minimum absolute atomic E-state index is 0.0111. The van der Waals surface area contributed by atoms with Crippen molar-refractivity contribution >= 4 is 11.9 Å². The molecule has 0 aliphatic heterocycles. The van der Waals surface area contributed by atoms with Crippen molar-refractivity contribution in [3.05, 3.63) is 24.3 Å². The average Bonchev–Trinajstić information content (AvgIpc) is 3.61. The van der Waals surface area contributed by atoms with Crippen molar-refractivity contribution in [3.63, 3.8) is 0 Å². The molecule has 6 nitrogen and oxygen atoms in total. The molecule has 0 bridgehead atoms. The Labute approximate surface area is 539 Å². The topological polar surface area (TPSA) is 95.9 Å². The predicted molar refractivity (Wildman–Crippen MR) is 380 cm³/mol. The van der Waals surface area contributed by atoms with Crippen molar-refractivity contribution in [1.29, 1.82) is 0 Å². The largest absolute Gasteiger partial charge is 0.466 e. The molecule has 86 heavy (non-hydrogen) atoms. The van der Waals surface area contributed by atoms with Crippen LogP contribution in [-0.4, -0.2) is 47.4 Å². The van der Waals surface area contributed by atoms with Gasteiger partial charge in [0, 0.05) is 12.8 Å². The maximum Gasteiger partial charge on any atom is 0.305 e. The van der Waals surface area contributed by atoms with Crippen LogP contribution in [0.2, 0.25) is 0 Å². The van der Waals surface area contributed by atoms with E-state index in [0.717, 1.165) is 44.9 Å². The molecule has 0 rings (SSSR count). The second kappa shape index (κ2) is 75.8. The molecule has 0 aliphatic rings. The van der Waals surface area contributed by atoms with Crippen LogP contribution in [0.3, 0.4) is 0 Å². The van der Waals surface area contributed by atoms with Crippen LogP contribution < -0.4 is 5.32 Å². The van der Waals surface area contributed by atoms with Crippen molar-refractivity contribution in [2.75, 3.05) is 13.2 Å².